The van der Waals surface area contributed by atoms with Crippen LogP contribution >= 0.6 is 0 Å². The van der Waals surface area contributed by atoms with Crippen LogP contribution in [0.4, 0.5) is 0 Å². The number of hydrogen-bond donors (Lipinski definition) is 1. The Morgan fingerprint density at radius 1 is 1.13 bits per heavy atom. The van der Waals surface area contributed by atoms with Crippen LogP contribution in [0, 0.1) is 0 Å². The molecule has 0 bridgehead atoms. The number of unbranched alkanes of at least 4 members (excludes halogenated alkanes) is 1. The zero-order chi connectivity index (χ0) is 10.9. The molecule has 0 aromatic heterocycles. The molecule has 0 radical (unpaired) electrons. The number of benzene rings is 1. The van der Waals surface area contributed by atoms with Gasteiger partial charge in [-0.05, 0) is 43.5 Å². The monoisotopic (exact) mass is 209 g/mol. The van der Waals surface area contributed by atoms with Crippen molar-refractivity contribution in [2.45, 2.75) is 19.3 Å². The highest BCUT2D eigenvalue weighted by Crippen LogP contribution is 2.13. The maximum atomic E-state index is 5.44. The highest BCUT2D eigenvalue weighted by Gasteiger charge is 1.95. The highest BCUT2D eigenvalue weighted by atomic mass is 16.7. The van der Waals surface area contributed by atoms with E-state index < -0.39 is 0 Å². The van der Waals surface area contributed by atoms with Gasteiger partial charge in [0.15, 0.2) is 6.79 Å². The third-order valence-corrected chi connectivity index (χ3v) is 2.19. The lowest BCUT2D eigenvalue weighted by Crippen LogP contribution is -2.00. The summed E-state index contributed by atoms with van der Waals surface area (Å²) < 4.78 is 10.1. The molecule has 3 nitrogen and oxygen atoms in total. The van der Waals surface area contributed by atoms with Gasteiger partial charge in [-0.1, -0.05) is 12.1 Å². The molecule has 15 heavy (non-hydrogen) atoms. The summed E-state index contributed by atoms with van der Waals surface area (Å²) in [5, 5.41) is 0. The Morgan fingerprint density at radius 3 is 2.47 bits per heavy atom. The number of methoxy groups -OCH3 is 1. The van der Waals surface area contributed by atoms with Crippen LogP contribution in [0.3, 0.4) is 0 Å². The van der Waals surface area contributed by atoms with Crippen LogP contribution in [-0.4, -0.2) is 20.4 Å². The van der Waals surface area contributed by atoms with Gasteiger partial charge < -0.3 is 15.2 Å². The van der Waals surface area contributed by atoms with E-state index in [1.807, 2.05) is 12.1 Å². The lowest BCUT2D eigenvalue weighted by molar-refractivity contribution is 0.0511. The second-order valence-corrected chi connectivity index (χ2v) is 3.44. The van der Waals surface area contributed by atoms with Gasteiger partial charge in [0.2, 0.25) is 0 Å². The van der Waals surface area contributed by atoms with Crippen LogP contribution in [0.5, 0.6) is 5.75 Å². The third-order valence-electron chi connectivity index (χ3n) is 2.19. The lowest BCUT2D eigenvalue weighted by Gasteiger charge is -2.05. The smallest absolute Gasteiger partial charge is 0.188 e. The van der Waals surface area contributed by atoms with E-state index in [9.17, 15) is 0 Å². The Balaban J connectivity index is 2.35. The molecular weight excluding hydrogens is 190 g/mol. The molecule has 0 saturated heterocycles. The van der Waals surface area contributed by atoms with Gasteiger partial charge in [-0.15, -0.1) is 0 Å². The van der Waals surface area contributed by atoms with Gasteiger partial charge in [0.05, 0.1) is 0 Å². The van der Waals surface area contributed by atoms with Crippen molar-refractivity contribution in [2.24, 2.45) is 5.73 Å². The Bertz CT molecular complexity index is 259. The van der Waals surface area contributed by atoms with Gasteiger partial charge in [-0.3, -0.25) is 0 Å². The standard InChI is InChI=1S/C12H19NO2/c1-14-10-15-12-7-5-11(6-8-12)4-2-3-9-13/h5-8H,2-4,9-10,13H2,1H3. The predicted molar refractivity (Wildman–Crippen MR) is 60.9 cm³/mol. The fourth-order valence-electron chi connectivity index (χ4n) is 1.35. The first-order valence-corrected chi connectivity index (χ1v) is 5.27. The van der Waals surface area contributed by atoms with Crippen LogP contribution in [0.1, 0.15) is 18.4 Å². The molecule has 1 aromatic rings. The third kappa shape index (κ3) is 4.81. The van der Waals surface area contributed by atoms with E-state index in [1.54, 1.807) is 7.11 Å². The van der Waals surface area contributed by atoms with Crippen molar-refractivity contribution in [1.29, 1.82) is 0 Å². The van der Waals surface area contributed by atoms with Crippen LogP contribution in [-0.2, 0) is 11.2 Å². The van der Waals surface area contributed by atoms with E-state index in [0.717, 1.165) is 31.6 Å². The molecule has 3 heteroatoms. The first-order chi connectivity index (χ1) is 7.36. The number of nitrogens with two attached hydrogens (primary N) is 1. The van der Waals surface area contributed by atoms with Crippen LogP contribution in [0.2, 0.25) is 0 Å². The summed E-state index contributed by atoms with van der Waals surface area (Å²) >= 11 is 0. The number of ether oxygens (including phenoxy) is 2. The van der Waals surface area contributed by atoms with Gasteiger partial charge in [0.1, 0.15) is 5.75 Å². The van der Waals surface area contributed by atoms with Gasteiger partial charge >= 0.3 is 0 Å². The van der Waals surface area contributed by atoms with Crippen LogP contribution in [0.15, 0.2) is 24.3 Å². The summed E-state index contributed by atoms with van der Waals surface area (Å²) in [4.78, 5) is 0. The zero-order valence-electron chi connectivity index (χ0n) is 9.24. The molecule has 0 aliphatic carbocycles. The zero-order valence-corrected chi connectivity index (χ0v) is 9.24. The van der Waals surface area contributed by atoms with Crippen molar-refractivity contribution in [3.05, 3.63) is 29.8 Å². The van der Waals surface area contributed by atoms with E-state index >= 15 is 0 Å². The molecule has 0 atom stereocenters. The minimum absolute atomic E-state index is 0.298. The van der Waals surface area contributed by atoms with Crippen molar-refractivity contribution in [3.8, 4) is 5.75 Å². The molecule has 0 spiro atoms. The summed E-state index contributed by atoms with van der Waals surface area (Å²) in [5.41, 5.74) is 6.76. The van der Waals surface area contributed by atoms with Gasteiger partial charge in [-0.25, -0.2) is 0 Å². The minimum Gasteiger partial charge on any atom is -0.468 e. The molecule has 0 amide bonds. The van der Waals surface area contributed by atoms with Crippen molar-refractivity contribution in [2.75, 3.05) is 20.4 Å². The van der Waals surface area contributed by atoms with Crippen molar-refractivity contribution < 1.29 is 9.47 Å². The first kappa shape index (κ1) is 12.0. The molecule has 0 saturated carbocycles. The largest absolute Gasteiger partial charge is 0.468 e. The number of rotatable bonds is 7. The Morgan fingerprint density at radius 2 is 1.87 bits per heavy atom. The van der Waals surface area contributed by atoms with E-state index in [1.165, 1.54) is 5.56 Å². The lowest BCUT2D eigenvalue weighted by atomic mass is 10.1. The van der Waals surface area contributed by atoms with E-state index in [0.29, 0.717) is 6.79 Å². The molecule has 0 unspecified atom stereocenters. The van der Waals surface area contributed by atoms with E-state index in [4.69, 9.17) is 15.2 Å². The Labute approximate surface area is 91.2 Å². The topological polar surface area (TPSA) is 44.5 Å². The molecule has 1 rings (SSSR count). The SMILES string of the molecule is COCOc1ccc(CCCCN)cc1. The Hall–Kier alpha value is -1.06. The average Bonchev–Trinajstić information content (AvgIpc) is 2.28. The second kappa shape index (κ2) is 7.26. The predicted octanol–water partition coefficient (Wildman–Crippen LogP) is 1.95. The number of aryl methyl sites for hydroxylation is 1. The van der Waals surface area contributed by atoms with Crippen LogP contribution in [0.25, 0.3) is 0 Å². The van der Waals surface area contributed by atoms with Crippen molar-refractivity contribution in [1.82, 2.24) is 0 Å². The van der Waals surface area contributed by atoms with E-state index in [2.05, 4.69) is 12.1 Å². The fraction of sp³-hybridized carbons (Fsp3) is 0.500. The molecule has 0 heterocycles. The maximum absolute atomic E-state index is 5.44. The minimum atomic E-state index is 0.298. The molecule has 84 valence electrons. The van der Waals surface area contributed by atoms with Crippen molar-refractivity contribution in [3.63, 3.8) is 0 Å². The summed E-state index contributed by atoms with van der Waals surface area (Å²) in [6, 6.07) is 8.11. The first-order valence-electron chi connectivity index (χ1n) is 5.27. The van der Waals surface area contributed by atoms with Gasteiger partial charge in [0.25, 0.3) is 0 Å². The average molecular weight is 209 g/mol. The van der Waals surface area contributed by atoms with Crippen LogP contribution < -0.4 is 10.5 Å². The van der Waals surface area contributed by atoms with Crippen molar-refractivity contribution >= 4 is 0 Å². The molecular formula is C12H19NO2. The summed E-state index contributed by atoms with van der Waals surface area (Å²) in [6.07, 6.45) is 3.32. The molecule has 1 aromatic carbocycles. The Kier molecular flexibility index (Phi) is 5.81. The highest BCUT2D eigenvalue weighted by molar-refractivity contribution is 5.27. The molecule has 0 fully saturated rings. The molecule has 0 aliphatic rings. The summed E-state index contributed by atoms with van der Waals surface area (Å²) in [5.74, 6) is 0.847. The number of hydrogen-bond acceptors (Lipinski definition) is 3. The van der Waals surface area contributed by atoms with Gasteiger partial charge in [-0.2, -0.15) is 0 Å². The normalized spacial score (nSPS) is 10.3. The summed E-state index contributed by atoms with van der Waals surface area (Å²) in [7, 11) is 1.61. The summed E-state index contributed by atoms with van der Waals surface area (Å²) in [6.45, 7) is 1.07. The second-order valence-electron chi connectivity index (χ2n) is 3.44. The fourth-order valence-corrected chi connectivity index (χ4v) is 1.35. The van der Waals surface area contributed by atoms with E-state index in [-0.39, 0.29) is 0 Å². The molecule has 0 aliphatic heterocycles. The maximum Gasteiger partial charge on any atom is 0.188 e. The quantitative estimate of drug-likeness (QED) is 0.551. The molecule has 2 N–H and O–H groups in total. The van der Waals surface area contributed by atoms with Gasteiger partial charge in [0, 0.05) is 7.11 Å².